The maximum Gasteiger partial charge on any atom is 0.160 e. The Bertz CT molecular complexity index is 908. The van der Waals surface area contributed by atoms with Gasteiger partial charge in [0, 0.05) is 18.3 Å². The van der Waals surface area contributed by atoms with Gasteiger partial charge in [-0.3, -0.25) is 9.50 Å². The van der Waals surface area contributed by atoms with E-state index < -0.39 is 0 Å². The van der Waals surface area contributed by atoms with Crippen molar-refractivity contribution in [2.24, 2.45) is 0 Å². The number of fused-ring (bicyclic) bond motifs is 1. The first kappa shape index (κ1) is 14.1. The lowest BCUT2D eigenvalue weighted by Gasteiger charge is -2.12. The summed E-state index contributed by atoms with van der Waals surface area (Å²) in [6, 6.07) is 10.1. The molecule has 0 saturated heterocycles. The molecule has 1 unspecified atom stereocenters. The number of H-pyrrole nitrogens is 1. The zero-order valence-electron chi connectivity index (χ0n) is 12.6. The fourth-order valence-corrected chi connectivity index (χ4v) is 3.34. The number of hydrogen-bond donors (Lipinski definition) is 2. The van der Waals surface area contributed by atoms with E-state index in [-0.39, 0.29) is 6.04 Å². The Kier molecular flexibility index (Phi) is 3.64. The van der Waals surface area contributed by atoms with Crippen LogP contribution in [0.25, 0.3) is 16.2 Å². The molecule has 0 spiro atoms. The summed E-state index contributed by atoms with van der Waals surface area (Å²) in [4.78, 5) is 1.19. The van der Waals surface area contributed by atoms with Crippen LogP contribution >= 0.6 is 11.3 Å². The Balaban J connectivity index is 1.52. The lowest BCUT2D eigenvalue weighted by molar-refractivity contribution is 0.542. The van der Waals surface area contributed by atoms with Crippen LogP contribution in [0.1, 0.15) is 24.4 Å². The molecule has 0 aromatic carbocycles. The minimum atomic E-state index is 0.0819. The van der Waals surface area contributed by atoms with Gasteiger partial charge in [0.1, 0.15) is 0 Å². The van der Waals surface area contributed by atoms with Crippen molar-refractivity contribution in [2.75, 3.05) is 0 Å². The number of nitrogens with zero attached hydrogens (tertiary/aromatic N) is 4. The van der Waals surface area contributed by atoms with Crippen molar-refractivity contribution in [1.82, 2.24) is 30.1 Å². The van der Waals surface area contributed by atoms with Gasteiger partial charge in [0.25, 0.3) is 0 Å². The fraction of sp³-hybridized carbons (Fsp3) is 0.188. The van der Waals surface area contributed by atoms with Crippen LogP contribution in [0.2, 0.25) is 0 Å². The number of aromatic amines is 1. The Morgan fingerprint density at radius 3 is 3.09 bits per heavy atom. The first-order valence-corrected chi connectivity index (χ1v) is 8.30. The zero-order valence-corrected chi connectivity index (χ0v) is 13.4. The second-order valence-corrected chi connectivity index (χ2v) is 6.28. The molecule has 0 saturated carbocycles. The van der Waals surface area contributed by atoms with E-state index in [2.05, 4.69) is 44.1 Å². The maximum absolute atomic E-state index is 4.30. The van der Waals surface area contributed by atoms with E-state index in [9.17, 15) is 0 Å². The van der Waals surface area contributed by atoms with Crippen LogP contribution in [0.5, 0.6) is 0 Å². The van der Waals surface area contributed by atoms with Gasteiger partial charge in [0.2, 0.25) is 0 Å². The second kappa shape index (κ2) is 5.94. The third-order valence-corrected chi connectivity index (χ3v) is 4.70. The molecule has 0 aliphatic carbocycles. The minimum absolute atomic E-state index is 0.0819. The summed E-state index contributed by atoms with van der Waals surface area (Å²) in [7, 11) is 0. The van der Waals surface area contributed by atoms with Gasteiger partial charge in [-0.1, -0.05) is 12.1 Å². The summed E-state index contributed by atoms with van der Waals surface area (Å²) in [5.74, 6) is 0.904. The summed E-state index contributed by atoms with van der Waals surface area (Å²) >= 11 is 1.70. The van der Waals surface area contributed by atoms with E-state index >= 15 is 0 Å². The van der Waals surface area contributed by atoms with Gasteiger partial charge in [-0.2, -0.15) is 5.10 Å². The van der Waals surface area contributed by atoms with Gasteiger partial charge in [-0.25, -0.2) is 0 Å². The average molecular weight is 324 g/mol. The monoisotopic (exact) mass is 324 g/mol. The van der Waals surface area contributed by atoms with Crippen LogP contribution in [0.3, 0.4) is 0 Å². The van der Waals surface area contributed by atoms with Gasteiger partial charge in [0.15, 0.2) is 11.5 Å². The maximum atomic E-state index is 4.30. The van der Waals surface area contributed by atoms with Crippen LogP contribution in [-0.2, 0) is 6.54 Å². The molecule has 116 valence electrons. The third kappa shape index (κ3) is 2.64. The molecule has 0 amide bonds. The molecule has 4 aromatic rings. The van der Waals surface area contributed by atoms with Gasteiger partial charge >= 0.3 is 0 Å². The van der Waals surface area contributed by atoms with Gasteiger partial charge < -0.3 is 5.32 Å². The largest absolute Gasteiger partial charge is 0.303 e. The lowest BCUT2D eigenvalue weighted by atomic mass is 10.2. The number of hydrogen-bond acceptors (Lipinski definition) is 5. The highest BCUT2D eigenvalue weighted by Gasteiger charge is 2.14. The van der Waals surface area contributed by atoms with Crippen molar-refractivity contribution < 1.29 is 0 Å². The van der Waals surface area contributed by atoms with Crippen LogP contribution in [0.15, 0.2) is 48.1 Å². The molecule has 4 heterocycles. The number of nitrogens with one attached hydrogen (secondary N) is 2. The number of pyridine rings is 1. The topological polar surface area (TPSA) is 70.9 Å². The SMILES string of the molecule is CC(NCc1cn[nH]c1-c1cccs1)c1nnc2ccccn12. The first-order chi connectivity index (χ1) is 11.3. The summed E-state index contributed by atoms with van der Waals surface area (Å²) in [6.45, 7) is 2.81. The highest BCUT2D eigenvalue weighted by atomic mass is 32.1. The Morgan fingerprint density at radius 2 is 2.22 bits per heavy atom. The normalized spacial score (nSPS) is 12.7. The van der Waals surface area contributed by atoms with Crippen LogP contribution < -0.4 is 5.32 Å². The fourth-order valence-electron chi connectivity index (χ4n) is 2.59. The molecule has 0 fully saturated rings. The highest BCUT2D eigenvalue weighted by Crippen LogP contribution is 2.26. The molecule has 7 heteroatoms. The summed E-state index contributed by atoms with van der Waals surface area (Å²) in [5.41, 5.74) is 3.08. The molecule has 6 nitrogen and oxygen atoms in total. The molecule has 0 radical (unpaired) electrons. The van der Waals surface area contributed by atoms with Crippen molar-refractivity contribution in [3.05, 3.63) is 59.5 Å². The minimum Gasteiger partial charge on any atom is -0.303 e. The molecular weight excluding hydrogens is 308 g/mol. The van der Waals surface area contributed by atoms with Crippen molar-refractivity contribution in [3.63, 3.8) is 0 Å². The standard InChI is InChI=1S/C16H16N6S/c1-11(16-21-19-14-6-2-3-7-22(14)16)17-9-12-10-18-20-15(12)13-5-4-8-23-13/h2-8,10-11,17H,9H2,1H3,(H,18,20). The van der Waals surface area contributed by atoms with Crippen LogP contribution in [0, 0.1) is 0 Å². The van der Waals surface area contributed by atoms with E-state index in [0.717, 1.165) is 22.7 Å². The average Bonchev–Trinajstić information content (AvgIpc) is 3.30. The smallest absolute Gasteiger partial charge is 0.160 e. The van der Waals surface area contributed by atoms with Gasteiger partial charge in [-0.15, -0.1) is 21.5 Å². The van der Waals surface area contributed by atoms with E-state index in [0.29, 0.717) is 6.54 Å². The lowest BCUT2D eigenvalue weighted by Crippen LogP contribution is -2.20. The molecular formula is C16H16N6S. The predicted molar refractivity (Wildman–Crippen MR) is 90.1 cm³/mol. The summed E-state index contributed by atoms with van der Waals surface area (Å²) in [6.07, 6.45) is 3.86. The number of aromatic nitrogens is 5. The molecule has 0 aliphatic rings. The van der Waals surface area contributed by atoms with E-state index in [1.54, 1.807) is 11.3 Å². The molecule has 2 N–H and O–H groups in total. The van der Waals surface area contributed by atoms with Crippen molar-refractivity contribution in [2.45, 2.75) is 19.5 Å². The zero-order chi connectivity index (χ0) is 15.6. The Morgan fingerprint density at radius 1 is 1.26 bits per heavy atom. The quantitative estimate of drug-likeness (QED) is 0.592. The molecule has 4 rings (SSSR count). The van der Waals surface area contributed by atoms with Crippen LogP contribution in [0.4, 0.5) is 0 Å². The molecule has 1 atom stereocenters. The highest BCUT2D eigenvalue weighted by molar-refractivity contribution is 7.13. The second-order valence-electron chi connectivity index (χ2n) is 5.34. The van der Waals surface area contributed by atoms with Crippen molar-refractivity contribution >= 4 is 17.0 Å². The van der Waals surface area contributed by atoms with Crippen LogP contribution in [-0.4, -0.2) is 24.8 Å². The van der Waals surface area contributed by atoms with E-state index in [1.807, 2.05) is 41.1 Å². The summed E-state index contributed by atoms with van der Waals surface area (Å²) in [5, 5.41) is 21.3. The molecule has 0 bridgehead atoms. The number of rotatable bonds is 5. The predicted octanol–water partition coefficient (Wildman–Crippen LogP) is 3.03. The first-order valence-electron chi connectivity index (χ1n) is 7.42. The molecule has 23 heavy (non-hydrogen) atoms. The van der Waals surface area contributed by atoms with Crippen molar-refractivity contribution in [3.8, 4) is 10.6 Å². The molecule has 0 aliphatic heterocycles. The number of thiophene rings is 1. The van der Waals surface area contributed by atoms with E-state index in [4.69, 9.17) is 0 Å². The summed E-state index contributed by atoms with van der Waals surface area (Å²) < 4.78 is 2.01. The van der Waals surface area contributed by atoms with Gasteiger partial charge in [-0.05, 0) is 30.5 Å². The van der Waals surface area contributed by atoms with Crippen molar-refractivity contribution in [1.29, 1.82) is 0 Å². The Labute approximate surface area is 137 Å². The molecule has 4 aromatic heterocycles. The van der Waals surface area contributed by atoms with Gasteiger partial charge in [0.05, 0.1) is 22.8 Å². The van der Waals surface area contributed by atoms with E-state index in [1.165, 1.54) is 4.88 Å². The third-order valence-electron chi connectivity index (χ3n) is 3.81. The Hall–Kier alpha value is -2.51.